The van der Waals surface area contributed by atoms with Crippen molar-refractivity contribution in [3.05, 3.63) is 77.6 Å². The summed E-state index contributed by atoms with van der Waals surface area (Å²) in [5.41, 5.74) is 4.11. The maximum Gasteiger partial charge on any atom is 0.266 e. The van der Waals surface area contributed by atoms with Crippen molar-refractivity contribution in [3.63, 3.8) is 0 Å². The van der Waals surface area contributed by atoms with Gasteiger partial charge in [-0.05, 0) is 31.5 Å². The van der Waals surface area contributed by atoms with Gasteiger partial charge in [-0.25, -0.2) is 0 Å². The van der Waals surface area contributed by atoms with E-state index in [1.165, 1.54) is 0 Å². The summed E-state index contributed by atoms with van der Waals surface area (Å²) in [6.07, 6.45) is 0.189. The number of azo groups is 1. The lowest BCUT2D eigenvalue weighted by Gasteiger charge is -2.06. The highest BCUT2D eigenvalue weighted by atomic mass is 16.3. The second-order valence-corrected chi connectivity index (χ2v) is 7.26. The molecule has 0 bridgehead atoms. The number of carbonyl (C=O) groups is 1. The third-order valence-corrected chi connectivity index (χ3v) is 5.00. The first-order valence-corrected chi connectivity index (χ1v) is 9.82. The molecule has 152 valence electrons. The number of hydrogen-bond acceptors (Lipinski definition) is 4. The maximum atomic E-state index is 12.3. The molecule has 4 aromatic rings. The molecule has 1 amide bonds. The van der Waals surface area contributed by atoms with Crippen LogP contribution in [0, 0.1) is 13.8 Å². The number of rotatable bonds is 6. The number of aromatic nitrogens is 3. The first-order valence-electron chi connectivity index (χ1n) is 9.82. The Kier molecular flexibility index (Phi) is 5.43. The minimum Gasteiger partial charge on any atom is -0.493 e. The van der Waals surface area contributed by atoms with Crippen molar-refractivity contribution in [2.45, 2.75) is 33.4 Å². The van der Waals surface area contributed by atoms with E-state index in [2.05, 4.69) is 15.3 Å². The number of hydrogen-bond donors (Lipinski definition) is 1. The summed E-state index contributed by atoms with van der Waals surface area (Å²) in [5, 5.41) is 23.9. The molecule has 0 unspecified atom stereocenters. The number of benzene rings is 2. The second-order valence-electron chi connectivity index (χ2n) is 7.26. The van der Waals surface area contributed by atoms with Crippen LogP contribution in [0.2, 0.25) is 0 Å². The molecule has 7 heteroatoms. The second kappa shape index (κ2) is 8.32. The Balaban J connectivity index is 1.57. The summed E-state index contributed by atoms with van der Waals surface area (Å²) < 4.78 is 3.56. The molecule has 0 aliphatic carbocycles. The van der Waals surface area contributed by atoms with E-state index in [0.717, 1.165) is 27.9 Å². The van der Waals surface area contributed by atoms with E-state index in [1.54, 1.807) is 9.25 Å². The molecule has 1 N–H and O–H groups in total. The van der Waals surface area contributed by atoms with Crippen LogP contribution in [-0.4, -0.2) is 25.4 Å². The quantitative estimate of drug-likeness (QED) is 0.466. The predicted molar refractivity (Wildman–Crippen MR) is 115 cm³/mol. The summed E-state index contributed by atoms with van der Waals surface area (Å²) in [5.74, 6) is -0.364. The first-order chi connectivity index (χ1) is 14.5. The Morgan fingerprint density at radius 1 is 1.07 bits per heavy atom. The maximum absolute atomic E-state index is 12.3. The number of para-hydroxylation sites is 1. The molecule has 4 rings (SSSR count). The molecule has 0 aliphatic rings. The summed E-state index contributed by atoms with van der Waals surface area (Å²) in [6.45, 7) is 4.80. The van der Waals surface area contributed by atoms with Gasteiger partial charge in [-0.1, -0.05) is 48.5 Å². The van der Waals surface area contributed by atoms with Crippen LogP contribution < -0.4 is 0 Å². The number of fused-ring (bicyclic) bond motifs is 1. The zero-order valence-corrected chi connectivity index (χ0v) is 17.0. The van der Waals surface area contributed by atoms with E-state index in [0.29, 0.717) is 18.8 Å². The fourth-order valence-corrected chi connectivity index (χ4v) is 3.55. The fraction of sp³-hybridized carbons (Fsp3) is 0.217. The van der Waals surface area contributed by atoms with Crippen molar-refractivity contribution < 1.29 is 9.90 Å². The van der Waals surface area contributed by atoms with Crippen molar-refractivity contribution in [2.24, 2.45) is 10.2 Å². The number of nitrogens with zero attached hydrogens (tertiary/aromatic N) is 5. The number of amides is 1. The molecule has 0 atom stereocenters. The van der Waals surface area contributed by atoms with Gasteiger partial charge in [-0.3, -0.25) is 9.48 Å². The predicted octanol–water partition coefficient (Wildman–Crippen LogP) is 4.91. The van der Waals surface area contributed by atoms with Gasteiger partial charge in [0.1, 0.15) is 0 Å². The van der Waals surface area contributed by atoms with Crippen LogP contribution in [0.15, 0.2) is 70.9 Å². The average molecular weight is 401 g/mol. The monoisotopic (exact) mass is 401 g/mol. The van der Waals surface area contributed by atoms with Crippen LogP contribution >= 0.6 is 0 Å². The van der Waals surface area contributed by atoms with E-state index in [4.69, 9.17) is 0 Å². The zero-order chi connectivity index (χ0) is 21.1. The van der Waals surface area contributed by atoms with E-state index in [9.17, 15) is 9.90 Å². The Hall–Kier alpha value is -3.74. The minimum absolute atomic E-state index is 0.00449. The van der Waals surface area contributed by atoms with Gasteiger partial charge in [-0.15, -0.1) is 10.2 Å². The van der Waals surface area contributed by atoms with Gasteiger partial charge in [0.25, 0.3) is 5.91 Å². The largest absolute Gasteiger partial charge is 0.493 e. The third kappa shape index (κ3) is 4.00. The highest BCUT2D eigenvalue weighted by Crippen LogP contribution is 2.39. The summed E-state index contributed by atoms with van der Waals surface area (Å²) >= 11 is 0. The highest BCUT2D eigenvalue weighted by Gasteiger charge is 2.17. The molecule has 0 saturated heterocycles. The van der Waals surface area contributed by atoms with Crippen molar-refractivity contribution in [1.29, 1.82) is 0 Å². The van der Waals surface area contributed by atoms with Gasteiger partial charge in [0, 0.05) is 11.1 Å². The Labute approximate surface area is 174 Å². The SMILES string of the molecule is Cc1cc(C)n(CCC(=O)N=Nc2c(O)n(Cc3ccccc3)c3ccccc23)n1. The fourth-order valence-electron chi connectivity index (χ4n) is 3.55. The van der Waals surface area contributed by atoms with Crippen molar-refractivity contribution in [3.8, 4) is 5.88 Å². The van der Waals surface area contributed by atoms with Crippen LogP contribution in [0.3, 0.4) is 0 Å². The molecule has 7 nitrogen and oxygen atoms in total. The minimum atomic E-state index is -0.359. The summed E-state index contributed by atoms with van der Waals surface area (Å²) in [6, 6.07) is 19.4. The average Bonchev–Trinajstić information content (AvgIpc) is 3.21. The van der Waals surface area contributed by atoms with Gasteiger partial charge >= 0.3 is 0 Å². The zero-order valence-electron chi connectivity index (χ0n) is 17.0. The molecule has 0 radical (unpaired) electrons. The molecule has 0 saturated carbocycles. The normalized spacial score (nSPS) is 11.5. The first kappa shape index (κ1) is 19.6. The van der Waals surface area contributed by atoms with Crippen LogP contribution in [0.4, 0.5) is 5.69 Å². The van der Waals surface area contributed by atoms with Crippen molar-refractivity contribution in [2.75, 3.05) is 0 Å². The molecular formula is C23H23N5O2. The van der Waals surface area contributed by atoms with Gasteiger partial charge in [-0.2, -0.15) is 5.10 Å². The van der Waals surface area contributed by atoms with Gasteiger partial charge < -0.3 is 9.67 Å². The number of aromatic hydroxyl groups is 1. The number of aryl methyl sites for hydroxylation is 3. The molecular weight excluding hydrogens is 378 g/mol. The number of carbonyl (C=O) groups excluding carboxylic acids is 1. The van der Waals surface area contributed by atoms with Gasteiger partial charge in [0.2, 0.25) is 5.88 Å². The smallest absolute Gasteiger partial charge is 0.266 e. The Bertz CT molecular complexity index is 1220. The molecule has 30 heavy (non-hydrogen) atoms. The van der Waals surface area contributed by atoms with Crippen LogP contribution in [0.5, 0.6) is 5.88 Å². The van der Waals surface area contributed by atoms with Crippen molar-refractivity contribution >= 4 is 22.5 Å². The molecule has 2 aromatic heterocycles. The molecule has 2 heterocycles. The molecule has 0 aliphatic heterocycles. The Morgan fingerprint density at radius 3 is 2.53 bits per heavy atom. The lowest BCUT2D eigenvalue weighted by molar-refractivity contribution is -0.118. The van der Waals surface area contributed by atoms with Gasteiger partial charge in [0.05, 0.1) is 30.7 Å². The van der Waals surface area contributed by atoms with Crippen molar-refractivity contribution in [1.82, 2.24) is 14.3 Å². The third-order valence-electron chi connectivity index (χ3n) is 5.00. The lowest BCUT2D eigenvalue weighted by Crippen LogP contribution is -2.06. The standard InChI is InChI=1S/C23H23N5O2/c1-16-14-17(2)28(26-16)13-12-21(29)24-25-22-19-10-6-7-11-20(19)27(23(22)30)15-18-8-4-3-5-9-18/h3-11,14,30H,12-13,15H2,1-2H3. The molecule has 0 spiro atoms. The van der Waals surface area contributed by atoms with Crippen LogP contribution in [-0.2, 0) is 17.9 Å². The summed E-state index contributed by atoms with van der Waals surface area (Å²) in [7, 11) is 0. The summed E-state index contributed by atoms with van der Waals surface area (Å²) in [4.78, 5) is 12.3. The highest BCUT2D eigenvalue weighted by molar-refractivity contribution is 5.95. The molecule has 0 fully saturated rings. The molecule has 2 aromatic carbocycles. The van der Waals surface area contributed by atoms with E-state index >= 15 is 0 Å². The Morgan fingerprint density at radius 2 is 1.80 bits per heavy atom. The van der Waals surface area contributed by atoms with Gasteiger partial charge in [0.15, 0.2) is 5.69 Å². The van der Waals surface area contributed by atoms with E-state index in [-0.39, 0.29) is 18.2 Å². The van der Waals surface area contributed by atoms with E-state index < -0.39 is 0 Å². The van der Waals surface area contributed by atoms with E-state index in [1.807, 2.05) is 74.5 Å². The lowest BCUT2D eigenvalue weighted by atomic mass is 10.2. The topological polar surface area (TPSA) is 84.8 Å². The van der Waals surface area contributed by atoms with Crippen LogP contribution in [0.25, 0.3) is 10.9 Å². The van der Waals surface area contributed by atoms with Crippen LogP contribution in [0.1, 0.15) is 23.4 Å².